The molecule has 0 saturated carbocycles. The standard InChI is InChI=1S/C29H33FN2O4/c1-4-21(2)31-29(34)26(18-22-11-6-5-7-12-22)32(19-23-13-10-14-24(17-23)35-3)28(33)20-36-27-16-9-8-15-25(27)30/h5-17,21,26H,4,18-20H2,1-3H3,(H,31,34)/t21-,26+/m0/s1. The number of carbonyl (C=O) groups is 2. The van der Waals surface area contributed by atoms with E-state index in [4.69, 9.17) is 9.47 Å². The summed E-state index contributed by atoms with van der Waals surface area (Å²) >= 11 is 0. The number of nitrogens with zero attached hydrogens (tertiary/aromatic N) is 1. The van der Waals surface area contributed by atoms with Gasteiger partial charge in [0, 0.05) is 19.0 Å². The average molecular weight is 493 g/mol. The predicted molar refractivity (Wildman–Crippen MR) is 137 cm³/mol. The number of nitrogens with one attached hydrogen (secondary N) is 1. The molecule has 0 radical (unpaired) electrons. The normalized spacial score (nSPS) is 12.3. The molecular weight excluding hydrogens is 459 g/mol. The summed E-state index contributed by atoms with van der Waals surface area (Å²) in [6.45, 7) is 3.65. The van der Waals surface area contributed by atoms with Crippen LogP contribution in [0.4, 0.5) is 4.39 Å². The molecule has 36 heavy (non-hydrogen) atoms. The highest BCUT2D eigenvalue weighted by Crippen LogP contribution is 2.20. The number of carbonyl (C=O) groups excluding carboxylic acids is 2. The van der Waals surface area contributed by atoms with E-state index in [2.05, 4.69) is 5.32 Å². The van der Waals surface area contributed by atoms with Crippen LogP contribution < -0.4 is 14.8 Å². The van der Waals surface area contributed by atoms with Gasteiger partial charge in [-0.15, -0.1) is 0 Å². The van der Waals surface area contributed by atoms with E-state index in [9.17, 15) is 14.0 Å². The van der Waals surface area contributed by atoms with Gasteiger partial charge in [-0.25, -0.2) is 4.39 Å². The highest BCUT2D eigenvalue weighted by molar-refractivity contribution is 5.88. The number of hydrogen-bond donors (Lipinski definition) is 1. The molecule has 2 amide bonds. The summed E-state index contributed by atoms with van der Waals surface area (Å²) in [5.41, 5.74) is 1.71. The van der Waals surface area contributed by atoms with E-state index in [1.54, 1.807) is 19.2 Å². The molecule has 0 aliphatic rings. The van der Waals surface area contributed by atoms with E-state index in [1.807, 2.05) is 68.4 Å². The van der Waals surface area contributed by atoms with Crippen LogP contribution in [0.15, 0.2) is 78.9 Å². The fourth-order valence-electron chi connectivity index (χ4n) is 3.75. The van der Waals surface area contributed by atoms with Crippen LogP contribution in [0.2, 0.25) is 0 Å². The number of hydrogen-bond acceptors (Lipinski definition) is 4. The quantitative estimate of drug-likeness (QED) is 0.396. The summed E-state index contributed by atoms with van der Waals surface area (Å²) < 4.78 is 25.0. The maximum Gasteiger partial charge on any atom is 0.261 e. The van der Waals surface area contributed by atoms with Gasteiger partial charge in [-0.3, -0.25) is 9.59 Å². The Hall–Kier alpha value is -3.87. The zero-order valence-corrected chi connectivity index (χ0v) is 20.9. The first-order chi connectivity index (χ1) is 17.4. The van der Waals surface area contributed by atoms with Gasteiger partial charge >= 0.3 is 0 Å². The predicted octanol–water partition coefficient (Wildman–Crippen LogP) is 4.77. The van der Waals surface area contributed by atoms with Crippen LogP contribution in [0.1, 0.15) is 31.4 Å². The lowest BCUT2D eigenvalue weighted by Gasteiger charge is -2.32. The van der Waals surface area contributed by atoms with Crippen molar-refractivity contribution in [3.8, 4) is 11.5 Å². The molecule has 190 valence electrons. The lowest BCUT2D eigenvalue weighted by molar-refractivity contribution is -0.143. The van der Waals surface area contributed by atoms with Gasteiger partial charge in [0.05, 0.1) is 7.11 Å². The fourth-order valence-corrected chi connectivity index (χ4v) is 3.75. The van der Waals surface area contributed by atoms with Gasteiger partial charge in [0.25, 0.3) is 5.91 Å². The van der Waals surface area contributed by atoms with Gasteiger partial charge in [-0.2, -0.15) is 0 Å². The number of benzene rings is 3. The average Bonchev–Trinajstić information content (AvgIpc) is 2.90. The molecule has 0 aromatic heterocycles. The monoisotopic (exact) mass is 492 g/mol. The minimum atomic E-state index is -0.802. The van der Waals surface area contributed by atoms with Gasteiger partial charge in [0.2, 0.25) is 5.91 Å². The Labute approximate surface area is 212 Å². The molecule has 3 rings (SSSR count). The molecule has 3 aromatic carbocycles. The molecule has 3 aromatic rings. The summed E-state index contributed by atoms with van der Waals surface area (Å²) in [5.74, 6) is -0.612. The van der Waals surface area contributed by atoms with Gasteiger partial charge in [-0.1, -0.05) is 61.5 Å². The third kappa shape index (κ3) is 7.57. The van der Waals surface area contributed by atoms with Crippen molar-refractivity contribution in [2.24, 2.45) is 0 Å². The molecular formula is C29H33FN2O4. The molecule has 0 bridgehead atoms. The van der Waals surface area contributed by atoms with Crippen LogP contribution in [0.25, 0.3) is 0 Å². The number of rotatable bonds is 12. The zero-order chi connectivity index (χ0) is 25.9. The van der Waals surface area contributed by atoms with Crippen LogP contribution in [0.5, 0.6) is 11.5 Å². The maximum absolute atomic E-state index is 14.1. The Bertz CT molecular complexity index is 1140. The number of methoxy groups -OCH3 is 1. The molecule has 0 heterocycles. The Kier molecular flexibility index (Phi) is 9.86. The van der Waals surface area contributed by atoms with Crippen molar-refractivity contribution in [3.63, 3.8) is 0 Å². The number of halogens is 1. The van der Waals surface area contributed by atoms with E-state index in [0.29, 0.717) is 12.2 Å². The maximum atomic E-state index is 14.1. The van der Waals surface area contributed by atoms with Gasteiger partial charge in [-0.05, 0) is 48.7 Å². The second-order valence-corrected chi connectivity index (χ2v) is 8.62. The Morgan fingerprint density at radius 3 is 2.36 bits per heavy atom. The highest BCUT2D eigenvalue weighted by atomic mass is 19.1. The fraction of sp³-hybridized carbons (Fsp3) is 0.310. The molecule has 7 heteroatoms. The van der Waals surface area contributed by atoms with Crippen LogP contribution in [-0.2, 0) is 22.6 Å². The van der Waals surface area contributed by atoms with Crippen LogP contribution in [0.3, 0.4) is 0 Å². The van der Waals surface area contributed by atoms with E-state index in [0.717, 1.165) is 17.5 Å². The molecule has 0 fully saturated rings. The van der Waals surface area contributed by atoms with Crippen molar-refractivity contribution >= 4 is 11.8 Å². The summed E-state index contributed by atoms with van der Waals surface area (Å²) in [4.78, 5) is 28.5. The lowest BCUT2D eigenvalue weighted by atomic mass is 10.0. The summed E-state index contributed by atoms with van der Waals surface area (Å²) in [7, 11) is 1.57. The minimum absolute atomic E-state index is 0.0177. The van der Waals surface area contributed by atoms with Gasteiger partial charge in [0.15, 0.2) is 18.2 Å². The second kappa shape index (κ2) is 13.3. The third-order valence-corrected chi connectivity index (χ3v) is 5.95. The third-order valence-electron chi connectivity index (χ3n) is 5.95. The van der Waals surface area contributed by atoms with Crippen molar-refractivity contribution in [2.75, 3.05) is 13.7 Å². The largest absolute Gasteiger partial charge is 0.497 e. The van der Waals surface area contributed by atoms with E-state index in [1.165, 1.54) is 17.0 Å². The van der Waals surface area contributed by atoms with Crippen LogP contribution >= 0.6 is 0 Å². The van der Waals surface area contributed by atoms with Crippen molar-refractivity contribution in [3.05, 3.63) is 95.8 Å². The molecule has 2 atom stereocenters. The Morgan fingerprint density at radius 1 is 0.972 bits per heavy atom. The number of amides is 2. The topological polar surface area (TPSA) is 67.9 Å². The molecule has 0 unspecified atom stereocenters. The molecule has 0 aliphatic carbocycles. The number of ether oxygens (including phenoxy) is 2. The first-order valence-corrected chi connectivity index (χ1v) is 12.0. The molecule has 6 nitrogen and oxygen atoms in total. The number of para-hydroxylation sites is 1. The Morgan fingerprint density at radius 2 is 1.67 bits per heavy atom. The van der Waals surface area contributed by atoms with E-state index >= 15 is 0 Å². The van der Waals surface area contributed by atoms with Gasteiger partial charge < -0.3 is 19.7 Å². The van der Waals surface area contributed by atoms with Crippen molar-refractivity contribution in [1.82, 2.24) is 10.2 Å². The van der Waals surface area contributed by atoms with Crippen molar-refractivity contribution < 1.29 is 23.5 Å². The van der Waals surface area contributed by atoms with Crippen molar-refractivity contribution in [1.29, 1.82) is 0 Å². The molecule has 1 N–H and O–H groups in total. The van der Waals surface area contributed by atoms with E-state index in [-0.39, 0.29) is 24.2 Å². The second-order valence-electron chi connectivity index (χ2n) is 8.62. The smallest absolute Gasteiger partial charge is 0.261 e. The lowest BCUT2D eigenvalue weighted by Crippen LogP contribution is -2.53. The highest BCUT2D eigenvalue weighted by Gasteiger charge is 2.31. The summed E-state index contributed by atoms with van der Waals surface area (Å²) in [6, 6.07) is 21.9. The minimum Gasteiger partial charge on any atom is -0.497 e. The molecule has 0 aliphatic heterocycles. The SMILES string of the molecule is CC[C@H](C)NC(=O)[C@@H](Cc1ccccc1)N(Cc1cccc(OC)c1)C(=O)COc1ccccc1F. The zero-order valence-electron chi connectivity index (χ0n) is 20.9. The molecule has 0 spiro atoms. The van der Waals surface area contributed by atoms with Gasteiger partial charge in [0.1, 0.15) is 11.8 Å². The summed E-state index contributed by atoms with van der Waals surface area (Å²) in [6.07, 6.45) is 1.07. The van der Waals surface area contributed by atoms with E-state index < -0.39 is 24.4 Å². The Balaban J connectivity index is 1.94. The van der Waals surface area contributed by atoms with Crippen molar-refractivity contribution in [2.45, 2.75) is 45.3 Å². The van der Waals surface area contributed by atoms with Crippen LogP contribution in [0, 0.1) is 5.82 Å². The first kappa shape index (κ1) is 26.7. The summed E-state index contributed by atoms with van der Waals surface area (Å²) in [5, 5.41) is 3.02. The molecule has 0 saturated heterocycles. The van der Waals surface area contributed by atoms with Crippen LogP contribution in [-0.4, -0.2) is 42.5 Å². The first-order valence-electron chi connectivity index (χ1n) is 12.0.